The van der Waals surface area contributed by atoms with Crippen LogP contribution in [0.15, 0.2) is 54.9 Å². The van der Waals surface area contributed by atoms with Gasteiger partial charge in [-0.3, -0.25) is 9.48 Å². The van der Waals surface area contributed by atoms with Crippen molar-refractivity contribution in [1.29, 1.82) is 0 Å². The summed E-state index contributed by atoms with van der Waals surface area (Å²) in [5, 5.41) is 11.3. The van der Waals surface area contributed by atoms with E-state index in [0.717, 1.165) is 17.0 Å². The summed E-state index contributed by atoms with van der Waals surface area (Å²) in [4.78, 5) is 16.7. The lowest BCUT2D eigenvalue weighted by Crippen LogP contribution is -2.16. The van der Waals surface area contributed by atoms with E-state index in [1.165, 1.54) is 4.68 Å². The first-order valence-corrected chi connectivity index (χ1v) is 7.94. The number of amides is 1. The first-order valence-electron chi connectivity index (χ1n) is 7.94. The number of aromatic nitrogens is 5. The summed E-state index contributed by atoms with van der Waals surface area (Å²) in [6.07, 6.45) is 3.24. The van der Waals surface area contributed by atoms with E-state index in [-0.39, 0.29) is 5.91 Å². The Morgan fingerprint density at radius 2 is 2.08 bits per heavy atom. The topological polar surface area (TPSA) is 86.3 Å². The van der Waals surface area contributed by atoms with Crippen molar-refractivity contribution in [2.24, 2.45) is 7.05 Å². The van der Waals surface area contributed by atoms with E-state index < -0.39 is 0 Å². The molecule has 0 aliphatic heterocycles. The number of aryl methyl sites for hydroxylation is 1. The van der Waals surface area contributed by atoms with Gasteiger partial charge in [-0.2, -0.15) is 10.2 Å². The molecule has 8 nitrogen and oxygen atoms in total. The molecule has 0 atom stereocenters. The molecule has 0 fully saturated rings. The van der Waals surface area contributed by atoms with E-state index >= 15 is 0 Å². The Morgan fingerprint density at radius 3 is 2.85 bits per heavy atom. The second-order valence-corrected chi connectivity index (χ2v) is 5.67. The van der Waals surface area contributed by atoms with Crippen LogP contribution >= 0.6 is 0 Å². The van der Waals surface area contributed by atoms with Gasteiger partial charge in [0.2, 0.25) is 0 Å². The third kappa shape index (κ3) is 2.88. The number of hydrogen-bond acceptors (Lipinski definition) is 5. The molecule has 1 N–H and O–H groups in total. The zero-order chi connectivity index (χ0) is 18.1. The summed E-state index contributed by atoms with van der Waals surface area (Å²) in [6.45, 7) is 0. The van der Waals surface area contributed by atoms with Crippen LogP contribution < -0.4 is 10.1 Å². The highest BCUT2D eigenvalue weighted by Crippen LogP contribution is 2.22. The van der Waals surface area contributed by atoms with Gasteiger partial charge in [-0.15, -0.1) is 0 Å². The van der Waals surface area contributed by atoms with Crippen LogP contribution in [0.3, 0.4) is 0 Å². The van der Waals surface area contributed by atoms with Crippen LogP contribution in [-0.4, -0.2) is 37.4 Å². The smallest absolute Gasteiger partial charge is 0.275 e. The van der Waals surface area contributed by atoms with Crippen molar-refractivity contribution in [3.63, 3.8) is 0 Å². The molecule has 0 radical (unpaired) electrons. The predicted molar refractivity (Wildman–Crippen MR) is 96.1 cm³/mol. The standard InChI is InChI=1S/C18H16N6O2/c1-23-15(8-9-19-23)18(25)21-16-11-24-17(20-16)7-6-14(22-24)12-4-3-5-13(10-12)26-2/h3-11H,1-2H3,(H,21,25). The molecule has 0 spiro atoms. The molecule has 1 amide bonds. The van der Waals surface area contributed by atoms with Crippen molar-refractivity contribution < 1.29 is 9.53 Å². The largest absolute Gasteiger partial charge is 0.497 e. The zero-order valence-electron chi connectivity index (χ0n) is 14.2. The number of benzene rings is 1. The van der Waals surface area contributed by atoms with E-state index in [9.17, 15) is 4.79 Å². The van der Waals surface area contributed by atoms with Crippen molar-refractivity contribution in [1.82, 2.24) is 24.4 Å². The van der Waals surface area contributed by atoms with Crippen molar-refractivity contribution in [2.75, 3.05) is 12.4 Å². The molecule has 130 valence electrons. The molecule has 0 unspecified atom stereocenters. The van der Waals surface area contributed by atoms with Crippen LogP contribution in [0.25, 0.3) is 16.9 Å². The number of imidazole rings is 1. The summed E-state index contributed by atoms with van der Waals surface area (Å²) in [6, 6.07) is 13.0. The average Bonchev–Trinajstić information content (AvgIpc) is 3.26. The number of fused-ring (bicyclic) bond motifs is 1. The first kappa shape index (κ1) is 15.8. The zero-order valence-corrected chi connectivity index (χ0v) is 14.2. The molecule has 3 heterocycles. The maximum atomic E-state index is 12.3. The fraction of sp³-hybridized carbons (Fsp3) is 0.111. The van der Waals surface area contributed by atoms with E-state index in [4.69, 9.17) is 4.74 Å². The van der Waals surface area contributed by atoms with Gasteiger partial charge in [-0.05, 0) is 30.3 Å². The predicted octanol–water partition coefficient (Wildman–Crippen LogP) is 2.39. The highest BCUT2D eigenvalue weighted by atomic mass is 16.5. The molecule has 4 aromatic rings. The number of rotatable bonds is 4. The van der Waals surface area contributed by atoms with Crippen molar-refractivity contribution in [3.05, 3.63) is 60.6 Å². The molecule has 1 aromatic carbocycles. The van der Waals surface area contributed by atoms with Crippen LogP contribution in [0.4, 0.5) is 5.82 Å². The van der Waals surface area contributed by atoms with Crippen molar-refractivity contribution >= 4 is 17.4 Å². The number of carbonyl (C=O) groups is 1. The lowest BCUT2D eigenvalue weighted by atomic mass is 10.1. The van der Waals surface area contributed by atoms with Gasteiger partial charge < -0.3 is 10.1 Å². The van der Waals surface area contributed by atoms with Gasteiger partial charge >= 0.3 is 0 Å². The van der Waals surface area contributed by atoms with E-state index in [0.29, 0.717) is 17.2 Å². The molecule has 4 rings (SSSR count). The van der Waals surface area contributed by atoms with Crippen LogP contribution in [-0.2, 0) is 7.05 Å². The fourth-order valence-electron chi connectivity index (χ4n) is 2.66. The van der Waals surface area contributed by atoms with Crippen LogP contribution in [0.1, 0.15) is 10.5 Å². The van der Waals surface area contributed by atoms with E-state index in [1.807, 2.05) is 36.4 Å². The lowest BCUT2D eigenvalue weighted by Gasteiger charge is -2.04. The van der Waals surface area contributed by atoms with Gasteiger partial charge in [0.15, 0.2) is 11.5 Å². The average molecular weight is 348 g/mol. The monoisotopic (exact) mass is 348 g/mol. The maximum absolute atomic E-state index is 12.3. The minimum atomic E-state index is -0.276. The highest BCUT2D eigenvalue weighted by Gasteiger charge is 2.13. The Kier molecular flexibility index (Phi) is 3.85. The van der Waals surface area contributed by atoms with Gasteiger partial charge in [0, 0.05) is 18.8 Å². The molecular formula is C18H16N6O2. The van der Waals surface area contributed by atoms with Crippen molar-refractivity contribution in [3.8, 4) is 17.0 Å². The molecule has 3 aromatic heterocycles. The van der Waals surface area contributed by atoms with Crippen LogP contribution in [0.5, 0.6) is 5.75 Å². The highest BCUT2D eigenvalue weighted by molar-refractivity contribution is 6.02. The quantitative estimate of drug-likeness (QED) is 0.612. The minimum Gasteiger partial charge on any atom is -0.497 e. The Hall–Kier alpha value is -3.68. The van der Waals surface area contributed by atoms with Gasteiger partial charge in [0.1, 0.15) is 11.4 Å². The summed E-state index contributed by atoms with van der Waals surface area (Å²) in [5.41, 5.74) is 2.79. The molecule has 0 saturated carbocycles. The Bertz CT molecular complexity index is 1100. The van der Waals surface area contributed by atoms with E-state index in [1.54, 1.807) is 37.1 Å². The van der Waals surface area contributed by atoms with E-state index in [2.05, 4.69) is 20.5 Å². The second kappa shape index (κ2) is 6.32. The van der Waals surface area contributed by atoms with Crippen molar-refractivity contribution in [2.45, 2.75) is 0 Å². The number of anilines is 1. The molecular weight excluding hydrogens is 332 g/mol. The number of nitrogens with one attached hydrogen (secondary N) is 1. The van der Waals surface area contributed by atoms with Gasteiger partial charge in [-0.1, -0.05) is 12.1 Å². The number of ether oxygens (including phenoxy) is 1. The molecule has 0 aliphatic carbocycles. The van der Waals surface area contributed by atoms with Gasteiger partial charge in [0.05, 0.1) is 19.0 Å². The number of hydrogen-bond donors (Lipinski definition) is 1. The molecule has 26 heavy (non-hydrogen) atoms. The fourth-order valence-corrected chi connectivity index (χ4v) is 2.66. The van der Waals surface area contributed by atoms with Gasteiger partial charge in [0.25, 0.3) is 5.91 Å². The molecule has 0 bridgehead atoms. The summed E-state index contributed by atoms with van der Waals surface area (Å²) in [5.74, 6) is 0.909. The summed E-state index contributed by atoms with van der Waals surface area (Å²) >= 11 is 0. The summed E-state index contributed by atoms with van der Waals surface area (Å²) < 4.78 is 8.39. The molecule has 0 aliphatic rings. The van der Waals surface area contributed by atoms with Crippen LogP contribution in [0.2, 0.25) is 0 Å². The number of carbonyl (C=O) groups excluding carboxylic acids is 1. The number of methoxy groups -OCH3 is 1. The van der Waals surface area contributed by atoms with Crippen LogP contribution in [0, 0.1) is 0 Å². The lowest BCUT2D eigenvalue weighted by molar-refractivity contribution is 0.101. The maximum Gasteiger partial charge on any atom is 0.275 e. The Balaban J connectivity index is 1.63. The number of nitrogens with zero attached hydrogens (tertiary/aromatic N) is 5. The SMILES string of the molecule is COc1cccc(-c2ccc3nc(NC(=O)c4ccnn4C)cn3n2)c1. The normalized spacial score (nSPS) is 10.8. The Morgan fingerprint density at radius 1 is 1.19 bits per heavy atom. The second-order valence-electron chi connectivity index (χ2n) is 5.67. The molecule has 0 saturated heterocycles. The summed E-state index contributed by atoms with van der Waals surface area (Å²) in [7, 11) is 3.34. The third-order valence-electron chi connectivity index (χ3n) is 3.98. The minimum absolute atomic E-state index is 0.276. The Labute approximate surface area is 149 Å². The van der Waals surface area contributed by atoms with Gasteiger partial charge in [-0.25, -0.2) is 9.50 Å². The third-order valence-corrected chi connectivity index (χ3v) is 3.98. The molecule has 8 heteroatoms. The first-order chi connectivity index (χ1) is 12.6.